The molecule has 0 atom stereocenters. The van der Waals surface area contributed by atoms with Gasteiger partial charge in [-0.15, -0.1) is 0 Å². The molecule has 0 bridgehead atoms. The fraction of sp³-hybridized carbons (Fsp3) is 0.125. The lowest BCUT2D eigenvalue weighted by molar-refractivity contribution is 0.340. The Morgan fingerprint density at radius 1 is 1.00 bits per heavy atom. The molecule has 4 rings (SSSR count). The molecule has 4 aromatic rings. The normalized spacial score (nSPS) is 11.8. The van der Waals surface area contributed by atoms with Crippen LogP contribution in [0.25, 0.3) is 22.3 Å². The standard InChI is InChI=1S/C24H20ClNO3/c1-3-28-18-9-11-23-19(13-18)20(26-21-12-17(25)8-10-22(21)27)14-24(29-23)16-6-4-15(2)5-7-16/h4-14,27H,3H2,1-2H3. The van der Waals surface area contributed by atoms with Gasteiger partial charge >= 0.3 is 0 Å². The van der Waals surface area contributed by atoms with Gasteiger partial charge in [-0.1, -0.05) is 41.4 Å². The fourth-order valence-corrected chi connectivity index (χ4v) is 3.24. The highest BCUT2D eigenvalue weighted by Gasteiger charge is 2.09. The van der Waals surface area contributed by atoms with Crippen molar-refractivity contribution in [3.8, 4) is 22.8 Å². The van der Waals surface area contributed by atoms with E-state index >= 15 is 0 Å². The quantitative estimate of drug-likeness (QED) is 0.427. The number of phenols is 1. The monoisotopic (exact) mass is 405 g/mol. The highest BCUT2D eigenvalue weighted by atomic mass is 35.5. The molecule has 0 fully saturated rings. The zero-order valence-electron chi connectivity index (χ0n) is 16.1. The zero-order chi connectivity index (χ0) is 20.4. The summed E-state index contributed by atoms with van der Waals surface area (Å²) < 4.78 is 11.8. The van der Waals surface area contributed by atoms with E-state index in [1.165, 1.54) is 11.6 Å². The van der Waals surface area contributed by atoms with Gasteiger partial charge in [0.15, 0.2) is 0 Å². The van der Waals surface area contributed by atoms with Crippen LogP contribution < -0.4 is 10.1 Å². The second kappa shape index (κ2) is 8.02. The Bertz CT molecular complexity index is 1240. The van der Waals surface area contributed by atoms with E-state index in [4.69, 9.17) is 20.8 Å². The Balaban J connectivity index is 2.00. The Hall–Kier alpha value is -3.24. The van der Waals surface area contributed by atoms with Crippen molar-refractivity contribution in [1.29, 1.82) is 0 Å². The summed E-state index contributed by atoms with van der Waals surface area (Å²) in [5, 5.41) is 12.2. The third-order valence-corrected chi connectivity index (χ3v) is 4.78. The number of hydrogen-bond acceptors (Lipinski definition) is 4. The number of benzene rings is 3. The zero-order valence-corrected chi connectivity index (χ0v) is 16.9. The minimum absolute atomic E-state index is 0.0567. The molecular weight excluding hydrogens is 386 g/mol. The molecule has 0 aliphatic heterocycles. The first kappa shape index (κ1) is 19.1. The van der Waals surface area contributed by atoms with E-state index in [0.29, 0.717) is 34.0 Å². The van der Waals surface area contributed by atoms with Crippen LogP contribution in [0.4, 0.5) is 5.69 Å². The highest BCUT2D eigenvalue weighted by molar-refractivity contribution is 6.30. The smallest absolute Gasteiger partial charge is 0.141 e. The number of fused-ring (bicyclic) bond motifs is 1. The minimum Gasteiger partial charge on any atom is -0.506 e. The van der Waals surface area contributed by atoms with Crippen molar-refractivity contribution >= 4 is 28.3 Å². The molecule has 0 unspecified atom stereocenters. The molecule has 0 saturated carbocycles. The lowest BCUT2D eigenvalue weighted by atomic mass is 10.1. The third-order valence-electron chi connectivity index (χ3n) is 4.54. The van der Waals surface area contributed by atoms with Crippen molar-refractivity contribution in [2.24, 2.45) is 4.99 Å². The lowest BCUT2D eigenvalue weighted by Crippen LogP contribution is -2.04. The molecule has 0 aliphatic rings. The molecule has 1 aromatic heterocycles. The first-order chi connectivity index (χ1) is 14.0. The molecule has 4 nitrogen and oxygen atoms in total. The van der Waals surface area contributed by atoms with Gasteiger partial charge < -0.3 is 14.3 Å². The second-order valence-electron chi connectivity index (χ2n) is 6.70. The molecule has 0 aliphatic carbocycles. The molecule has 0 spiro atoms. The van der Waals surface area contributed by atoms with Crippen molar-refractivity contribution in [3.05, 3.63) is 82.7 Å². The Labute approximate surface area is 173 Å². The van der Waals surface area contributed by atoms with Crippen molar-refractivity contribution in [3.63, 3.8) is 0 Å². The van der Waals surface area contributed by atoms with Crippen molar-refractivity contribution in [1.82, 2.24) is 0 Å². The third kappa shape index (κ3) is 4.13. The van der Waals surface area contributed by atoms with Crippen molar-refractivity contribution < 1.29 is 14.3 Å². The SMILES string of the molecule is CCOc1ccc2oc(-c3ccc(C)cc3)cc(=Nc3cc(Cl)ccc3O)c2c1. The Morgan fingerprint density at radius 2 is 1.79 bits per heavy atom. The molecule has 146 valence electrons. The van der Waals surface area contributed by atoms with Crippen LogP contribution >= 0.6 is 11.6 Å². The maximum Gasteiger partial charge on any atom is 0.141 e. The molecule has 0 radical (unpaired) electrons. The summed E-state index contributed by atoms with van der Waals surface area (Å²) in [6.07, 6.45) is 0. The summed E-state index contributed by atoms with van der Waals surface area (Å²) in [5.74, 6) is 1.47. The van der Waals surface area contributed by atoms with Gasteiger partial charge in [-0.05, 0) is 50.2 Å². The predicted molar refractivity (Wildman–Crippen MR) is 116 cm³/mol. The van der Waals surface area contributed by atoms with E-state index in [9.17, 15) is 5.11 Å². The molecule has 0 saturated heterocycles. The largest absolute Gasteiger partial charge is 0.506 e. The van der Waals surface area contributed by atoms with E-state index in [-0.39, 0.29) is 5.75 Å². The van der Waals surface area contributed by atoms with Crippen LogP contribution in [0.5, 0.6) is 11.5 Å². The maximum absolute atomic E-state index is 10.2. The van der Waals surface area contributed by atoms with Gasteiger partial charge in [-0.2, -0.15) is 0 Å². The van der Waals surface area contributed by atoms with Crippen LogP contribution in [0.1, 0.15) is 12.5 Å². The summed E-state index contributed by atoms with van der Waals surface area (Å²) in [6.45, 7) is 4.54. The van der Waals surface area contributed by atoms with Gasteiger partial charge in [0.1, 0.15) is 28.5 Å². The summed E-state index contributed by atoms with van der Waals surface area (Å²) in [7, 11) is 0. The number of aryl methyl sites for hydroxylation is 1. The topological polar surface area (TPSA) is 55.0 Å². The maximum atomic E-state index is 10.2. The van der Waals surface area contributed by atoms with E-state index < -0.39 is 0 Å². The van der Waals surface area contributed by atoms with Gasteiger partial charge in [0, 0.05) is 22.0 Å². The van der Waals surface area contributed by atoms with Crippen molar-refractivity contribution in [2.75, 3.05) is 6.61 Å². The molecule has 29 heavy (non-hydrogen) atoms. The van der Waals surface area contributed by atoms with Gasteiger partial charge in [-0.3, -0.25) is 0 Å². The molecular formula is C24H20ClNO3. The van der Waals surface area contributed by atoms with Crippen LogP contribution in [0, 0.1) is 6.92 Å². The second-order valence-corrected chi connectivity index (χ2v) is 7.13. The predicted octanol–water partition coefficient (Wildman–Crippen LogP) is 6.40. The molecule has 3 aromatic carbocycles. The average molecular weight is 406 g/mol. The fourth-order valence-electron chi connectivity index (χ4n) is 3.07. The van der Waals surface area contributed by atoms with E-state index in [2.05, 4.69) is 4.99 Å². The van der Waals surface area contributed by atoms with E-state index in [1.807, 2.05) is 62.4 Å². The number of halogens is 1. The number of hydrogen-bond donors (Lipinski definition) is 1. The molecule has 5 heteroatoms. The van der Waals surface area contributed by atoms with Crippen LogP contribution in [-0.2, 0) is 0 Å². The number of ether oxygens (including phenoxy) is 1. The lowest BCUT2D eigenvalue weighted by Gasteiger charge is -2.08. The Kier molecular flexibility index (Phi) is 5.28. The summed E-state index contributed by atoms with van der Waals surface area (Å²) in [5.41, 5.74) is 3.18. The number of aromatic hydroxyl groups is 1. The van der Waals surface area contributed by atoms with E-state index in [0.717, 1.165) is 16.7 Å². The van der Waals surface area contributed by atoms with Crippen LogP contribution in [-0.4, -0.2) is 11.7 Å². The van der Waals surface area contributed by atoms with Crippen LogP contribution in [0.2, 0.25) is 5.02 Å². The number of phenolic OH excluding ortho intramolecular Hbond substituents is 1. The first-order valence-electron chi connectivity index (χ1n) is 9.34. The van der Waals surface area contributed by atoms with Crippen molar-refractivity contribution in [2.45, 2.75) is 13.8 Å². The minimum atomic E-state index is 0.0567. The van der Waals surface area contributed by atoms with Gasteiger partial charge in [0.25, 0.3) is 0 Å². The van der Waals surface area contributed by atoms with Crippen LogP contribution in [0.3, 0.4) is 0 Å². The summed E-state index contributed by atoms with van der Waals surface area (Å²) in [4.78, 5) is 4.68. The summed E-state index contributed by atoms with van der Waals surface area (Å²) in [6, 6.07) is 20.4. The van der Waals surface area contributed by atoms with E-state index in [1.54, 1.807) is 12.1 Å². The summed E-state index contributed by atoms with van der Waals surface area (Å²) >= 11 is 6.10. The molecule has 1 heterocycles. The molecule has 0 amide bonds. The first-order valence-corrected chi connectivity index (χ1v) is 9.72. The van der Waals surface area contributed by atoms with Gasteiger partial charge in [0.05, 0.1) is 12.0 Å². The van der Waals surface area contributed by atoms with Gasteiger partial charge in [0.2, 0.25) is 0 Å². The average Bonchev–Trinajstić information content (AvgIpc) is 2.71. The van der Waals surface area contributed by atoms with Gasteiger partial charge in [-0.25, -0.2) is 4.99 Å². The number of nitrogens with zero attached hydrogens (tertiary/aromatic N) is 1. The highest BCUT2D eigenvalue weighted by Crippen LogP contribution is 2.30. The number of rotatable bonds is 4. The molecule has 1 N–H and O–H groups in total. The van der Waals surface area contributed by atoms with Crippen LogP contribution in [0.15, 0.2) is 76.1 Å². The Morgan fingerprint density at radius 3 is 2.55 bits per heavy atom.